The molecule has 0 aromatic heterocycles. The van der Waals surface area contributed by atoms with Gasteiger partial charge in [0.25, 0.3) is 0 Å². The van der Waals surface area contributed by atoms with Crippen molar-refractivity contribution in [2.24, 2.45) is 0 Å². The van der Waals surface area contributed by atoms with Gasteiger partial charge in [-0.15, -0.1) is 11.6 Å². The molecule has 21 heavy (non-hydrogen) atoms. The summed E-state index contributed by atoms with van der Waals surface area (Å²) < 4.78 is 9.44. The van der Waals surface area contributed by atoms with Crippen molar-refractivity contribution in [2.75, 3.05) is 14.2 Å². The van der Waals surface area contributed by atoms with Crippen LogP contribution in [-0.2, 0) is 14.3 Å². The molecule has 0 amide bonds. The molecule has 1 atom stereocenters. The van der Waals surface area contributed by atoms with Crippen molar-refractivity contribution >= 4 is 29.1 Å². The van der Waals surface area contributed by atoms with Gasteiger partial charge in [-0.3, -0.25) is 0 Å². The van der Waals surface area contributed by atoms with Crippen molar-refractivity contribution in [3.63, 3.8) is 0 Å². The minimum Gasteiger partial charge on any atom is -0.467 e. The number of hydrogen-bond donors (Lipinski definition) is 0. The summed E-state index contributed by atoms with van der Waals surface area (Å²) in [4.78, 5) is 22.1. The first-order valence-electron chi connectivity index (χ1n) is 6.34. The molecule has 0 aliphatic heterocycles. The Labute approximate surface area is 128 Å². The predicted molar refractivity (Wildman–Crippen MR) is 80.1 cm³/mol. The Bertz CT molecular complexity index is 633. The molecular formula is C16H15ClO4. The summed E-state index contributed by atoms with van der Waals surface area (Å²) in [6.07, 6.45) is 5.48. The molecule has 0 radical (unpaired) electrons. The van der Waals surface area contributed by atoms with Gasteiger partial charge in [-0.1, -0.05) is 30.4 Å². The molecule has 1 aliphatic carbocycles. The molecule has 0 fully saturated rings. The summed E-state index contributed by atoms with van der Waals surface area (Å²) in [5.74, 6) is -0.913. The zero-order chi connectivity index (χ0) is 15.5. The average molecular weight is 307 g/mol. The number of rotatable bonds is 3. The fourth-order valence-corrected chi connectivity index (χ4v) is 2.48. The van der Waals surface area contributed by atoms with Crippen molar-refractivity contribution in [2.45, 2.75) is 11.3 Å². The summed E-state index contributed by atoms with van der Waals surface area (Å²) in [5, 5.41) is 0. The molecule has 0 spiro atoms. The minimum absolute atomic E-state index is 0.294. The Morgan fingerprint density at radius 1 is 1.24 bits per heavy atom. The largest absolute Gasteiger partial charge is 0.467 e. The zero-order valence-electron chi connectivity index (χ0n) is 11.8. The van der Waals surface area contributed by atoms with Gasteiger partial charge in [-0.05, 0) is 23.3 Å². The van der Waals surface area contributed by atoms with Gasteiger partial charge in [0.15, 0.2) is 4.87 Å². The quantitative estimate of drug-likeness (QED) is 0.636. The third-order valence-electron chi connectivity index (χ3n) is 3.28. The van der Waals surface area contributed by atoms with E-state index in [0.29, 0.717) is 12.0 Å². The van der Waals surface area contributed by atoms with E-state index in [2.05, 4.69) is 0 Å². The molecular weight excluding hydrogens is 292 g/mol. The number of alkyl halides is 1. The van der Waals surface area contributed by atoms with Crippen LogP contribution in [0.1, 0.15) is 22.3 Å². The molecule has 0 heterocycles. The van der Waals surface area contributed by atoms with E-state index < -0.39 is 16.8 Å². The maximum Gasteiger partial charge on any atom is 0.337 e. The Morgan fingerprint density at radius 3 is 2.67 bits per heavy atom. The number of carbonyl (C=O) groups is 2. The van der Waals surface area contributed by atoms with E-state index in [4.69, 9.17) is 21.1 Å². The second kappa shape index (κ2) is 6.14. The van der Waals surface area contributed by atoms with E-state index in [0.717, 1.165) is 11.1 Å². The molecule has 2 rings (SSSR count). The number of allylic oxidation sites excluding steroid dienone is 3. The molecule has 0 N–H and O–H groups in total. The first kappa shape index (κ1) is 15.3. The summed E-state index contributed by atoms with van der Waals surface area (Å²) >= 11 is 6.31. The number of methoxy groups -OCH3 is 2. The van der Waals surface area contributed by atoms with E-state index in [-0.39, 0.29) is 0 Å². The van der Waals surface area contributed by atoms with Crippen LogP contribution in [0.15, 0.2) is 42.5 Å². The standard InChI is InChI=1S/C16H15ClO4/c1-20-14(18)12-6-3-5-11(9-12)13-7-4-8-16(17,10-13)15(19)21-2/h3-9H,10H2,1-2H3. The van der Waals surface area contributed by atoms with Gasteiger partial charge in [0.05, 0.1) is 19.8 Å². The lowest BCUT2D eigenvalue weighted by molar-refractivity contribution is -0.142. The van der Waals surface area contributed by atoms with Crippen molar-refractivity contribution in [3.05, 3.63) is 53.6 Å². The minimum atomic E-state index is -1.21. The maximum absolute atomic E-state index is 11.8. The van der Waals surface area contributed by atoms with Crippen molar-refractivity contribution in [3.8, 4) is 0 Å². The van der Waals surface area contributed by atoms with Gasteiger partial charge in [0, 0.05) is 6.42 Å². The van der Waals surface area contributed by atoms with Crippen molar-refractivity contribution in [1.82, 2.24) is 0 Å². The molecule has 0 bridgehead atoms. The molecule has 110 valence electrons. The van der Waals surface area contributed by atoms with Crippen molar-refractivity contribution < 1.29 is 19.1 Å². The van der Waals surface area contributed by atoms with E-state index in [1.165, 1.54) is 14.2 Å². The first-order chi connectivity index (χ1) is 10.00. The van der Waals surface area contributed by atoms with Crippen LogP contribution in [0.3, 0.4) is 0 Å². The second-order valence-corrected chi connectivity index (χ2v) is 5.33. The van der Waals surface area contributed by atoms with Crippen LogP contribution in [0.25, 0.3) is 5.57 Å². The van der Waals surface area contributed by atoms with Crippen LogP contribution in [0.2, 0.25) is 0 Å². The Hall–Kier alpha value is -2.07. The third-order valence-corrected chi connectivity index (χ3v) is 3.70. The lowest BCUT2D eigenvalue weighted by Gasteiger charge is -2.24. The first-order valence-corrected chi connectivity index (χ1v) is 6.72. The van der Waals surface area contributed by atoms with Crippen LogP contribution < -0.4 is 0 Å². The summed E-state index contributed by atoms with van der Waals surface area (Å²) in [6, 6.07) is 7.00. The normalized spacial score (nSPS) is 20.6. The third kappa shape index (κ3) is 3.16. The fraction of sp³-hybridized carbons (Fsp3) is 0.250. The number of hydrogen-bond acceptors (Lipinski definition) is 4. The topological polar surface area (TPSA) is 52.6 Å². The van der Waals surface area contributed by atoms with E-state index in [1.54, 1.807) is 30.4 Å². The molecule has 0 saturated heterocycles. The van der Waals surface area contributed by atoms with E-state index >= 15 is 0 Å². The van der Waals surface area contributed by atoms with Crippen LogP contribution in [0, 0.1) is 0 Å². The van der Waals surface area contributed by atoms with E-state index in [1.807, 2.05) is 12.1 Å². The predicted octanol–water partition coefficient (Wildman–Crippen LogP) is 2.97. The van der Waals surface area contributed by atoms with Gasteiger partial charge in [-0.25, -0.2) is 9.59 Å². The molecule has 1 unspecified atom stereocenters. The Kier molecular flexibility index (Phi) is 4.48. The Balaban J connectivity index is 2.31. The van der Waals surface area contributed by atoms with Crippen LogP contribution in [0.4, 0.5) is 0 Å². The highest BCUT2D eigenvalue weighted by Crippen LogP contribution is 2.35. The summed E-state index contributed by atoms with van der Waals surface area (Å²) in [5.41, 5.74) is 2.11. The van der Waals surface area contributed by atoms with Crippen LogP contribution in [-0.4, -0.2) is 31.0 Å². The average Bonchev–Trinajstić information content (AvgIpc) is 2.53. The highest BCUT2D eigenvalue weighted by atomic mass is 35.5. The highest BCUT2D eigenvalue weighted by molar-refractivity contribution is 6.36. The SMILES string of the molecule is COC(=O)c1cccc(C2=CC=CC(Cl)(C(=O)OC)C2)c1. The lowest BCUT2D eigenvalue weighted by Crippen LogP contribution is -2.33. The molecule has 1 aromatic carbocycles. The van der Waals surface area contributed by atoms with Crippen LogP contribution >= 0.6 is 11.6 Å². The lowest BCUT2D eigenvalue weighted by atomic mass is 9.88. The van der Waals surface area contributed by atoms with Gasteiger partial charge in [0.1, 0.15) is 0 Å². The summed E-state index contributed by atoms with van der Waals surface area (Å²) in [7, 11) is 2.63. The molecule has 1 aliphatic rings. The van der Waals surface area contributed by atoms with Gasteiger partial charge >= 0.3 is 11.9 Å². The number of carbonyl (C=O) groups excluding carboxylic acids is 2. The molecule has 0 saturated carbocycles. The highest BCUT2D eigenvalue weighted by Gasteiger charge is 2.37. The number of esters is 2. The molecule has 4 nitrogen and oxygen atoms in total. The van der Waals surface area contributed by atoms with Gasteiger partial charge in [0.2, 0.25) is 0 Å². The second-order valence-electron chi connectivity index (χ2n) is 4.65. The fourth-order valence-electron chi connectivity index (χ4n) is 2.18. The molecule has 5 heteroatoms. The zero-order valence-corrected chi connectivity index (χ0v) is 12.5. The maximum atomic E-state index is 11.8. The Morgan fingerprint density at radius 2 is 2.00 bits per heavy atom. The van der Waals surface area contributed by atoms with Crippen LogP contribution in [0.5, 0.6) is 0 Å². The number of halogens is 1. The smallest absolute Gasteiger partial charge is 0.337 e. The van der Waals surface area contributed by atoms with Gasteiger partial charge in [-0.2, -0.15) is 0 Å². The monoisotopic (exact) mass is 306 g/mol. The number of ether oxygens (including phenoxy) is 2. The number of benzene rings is 1. The summed E-state index contributed by atoms with van der Waals surface area (Å²) in [6.45, 7) is 0. The molecule has 1 aromatic rings. The van der Waals surface area contributed by atoms with Gasteiger partial charge < -0.3 is 9.47 Å². The van der Waals surface area contributed by atoms with E-state index in [9.17, 15) is 9.59 Å². The van der Waals surface area contributed by atoms with Crippen molar-refractivity contribution in [1.29, 1.82) is 0 Å².